The number of carbonyl (C=O) groups is 2. The van der Waals surface area contributed by atoms with E-state index in [1.165, 1.54) is 0 Å². The van der Waals surface area contributed by atoms with Crippen LogP contribution >= 0.6 is 23.2 Å². The topological polar surface area (TPSA) is 64.6 Å². The molecule has 1 N–H and O–H groups in total. The van der Waals surface area contributed by atoms with E-state index in [4.69, 9.17) is 32.7 Å². The van der Waals surface area contributed by atoms with Gasteiger partial charge in [0.15, 0.2) is 6.10 Å². The van der Waals surface area contributed by atoms with Gasteiger partial charge >= 0.3 is 5.97 Å². The number of anilines is 1. The molecular weight excluding hydrogens is 389 g/mol. The van der Waals surface area contributed by atoms with Crippen LogP contribution in [0.5, 0.6) is 5.75 Å². The quantitative estimate of drug-likeness (QED) is 0.637. The van der Waals surface area contributed by atoms with E-state index < -0.39 is 12.1 Å². The molecule has 0 bridgehead atoms. The van der Waals surface area contributed by atoms with E-state index in [1.807, 2.05) is 13.8 Å². The third kappa shape index (κ3) is 6.45. The normalized spacial score (nSPS) is 11.8. The summed E-state index contributed by atoms with van der Waals surface area (Å²) in [6.45, 7) is 5.88. The van der Waals surface area contributed by atoms with E-state index in [0.29, 0.717) is 33.7 Å². The Bertz CT molecular complexity index is 806. The predicted molar refractivity (Wildman–Crippen MR) is 107 cm³/mol. The number of ether oxygens (including phenoxy) is 2. The summed E-state index contributed by atoms with van der Waals surface area (Å²) in [5, 5.41) is 3.56. The van der Waals surface area contributed by atoms with Crippen molar-refractivity contribution < 1.29 is 19.1 Å². The third-order valence-electron chi connectivity index (χ3n) is 3.50. The van der Waals surface area contributed by atoms with E-state index in [-0.39, 0.29) is 11.8 Å². The number of esters is 1. The van der Waals surface area contributed by atoms with Crippen molar-refractivity contribution in [1.82, 2.24) is 0 Å². The van der Waals surface area contributed by atoms with Gasteiger partial charge in [-0.05, 0) is 55.3 Å². The Morgan fingerprint density at radius 3 is 2.33 bits per heavy atom. The number of hydrogen-bond donors (Lipinski definition) is 1. The minimum atomic E-state index is -0.742. The molecule has 0 saturated heterocycles. The smallest absolute Gasteiger partial charge is 0.347 e. The van der Waals surface area contributed by atoms with Crippen LogP contribution in [0.3, 0.4) is 0 Å². The molecule has 0 aliphatic heterocycles. The second kappa shape index (κ2) is 9.62. The number of rotatable bonds is 7. The molecular formula is C20H21Cl2NO4. The number of amides is 1. The maximum atomic E-state index is 12.3. The SMILES string of the molecule is CC(C)COC(=O)[C@H](C)Oc1ccc(C(=O)Nc2cc(Cl)ccc2Cl)cc1. The zero-order valence-electron chi connectivity index (χ0n) is 15.3. The highest BCUT2D eigenvalue weighted by Crippen LogP contribution is 2.26. The molecule has 0 saturated carbocycles. The van der Waals surface area contributed by atoms with Crippen LogP contribution in [0.25, 0.3) is 0 Å². The molecule has 0 unspecified atom stereocenters. The highest BCUT2D eigenvalue weighted by Gasteiger charge is 2.17. The molecule has 0 aliphatic carbocycles. The molecule has 2 rings (SSSR count). The first-order chi connectivity index (χ1) is 12.8. The zero-order valence-corrected chi connectivity index (χ0v) is 16.8. The summed E-state index contributed by atoms with van der Waals surface area (Å²) in [4.78, 5) is 24.2. The van der Waals surface area contributed by atoms with Crippen molar-refractivity contribution in [2.45, 2.75) is 26.9 Å². The van der Waals surface area contributed by atoms with E-state index in [1.54, 1.807) is 49.4 Å². The van der Waals surface area contributed by atoms with Gasteiger partial charge in [0.1, 0.15) is 5.75 Å². The number of halogens is 2. The standard InChI is InChI=1S/C20H21Cl2NO4/c1-12(2)11-26-20(25)13(3)27-16-7-4-14(5-8-16)19(24)23-18-10-15(21)6-9-17(18)22/h4-10,12-13H,11H2,1-3H3,(H,23,24)/t13-/m0/s1. The first-order valence-corrected chi connectivity index (χ1v) is 9.21. The molecule has 27 heavy (non-hydrogen) atoms. The highest BCUT2D eigenvalue weighted by atomic mass is 35.5. The van der Waals surface area contributed by atoms with Crippen LogP contribution in [0.4, 0.5) is 5.69 Å². The predicted octanol–water partition coefficient (Wildman–Crippen LogP) is 5.21. The first-order valence-electron chi connectivity index (χ1n) is 8.46. The van der Waals surface area contributed by atoms with Crippen LogP contribution in [0.15, 0.2) is 42.5 Å². The van der Waals surface area contributed by atoms with Crippen LogP contribution in [0.2, 0.25) is 10.0 Å². The van der Waals surface area contributed by atoms with Gasteiger partial charge in [0.05, 0.1) is 17.3 Å². The van der Waals surface area contributed by atoms with Crippen molar-refractivity contribution in [2.75, 3.05) is 11.9 Å². The number of carbonyl (C=O) groups excluding carboxylic acids is 2. The minimum absolute atomic E-state index is 0.256. The van der Waals surface area contributed by atoms with Gasteiger partial charge in [0.25, 0.3) is 5.91 Å². The van der Waals surface area contributed by atoms with Crippen molar-refractivity contribution in [3.8, 4) is 5.75 Å². The fraction of sp³-hybridized carbons (Fsp3) is 0.300. The molecule has 1 atom stereocenters. The van der Waals surface area contributed by atoms with Crippen molar-refractivity contribution in [3.05, 3.63) is 58.1 Å². The lowest BCUT2D eigenvalue weighted by Crippen LogP contribution is -2.27. The van der Waals surface area contributed by atoms with Crippen molar-refractivity contribution in [3.63, 3.8) is 0 Å². The van der Waals surface area contributed by atoms with E-state index in [0.717, 1.165) is 0 Å². The summed E-state index contributed by atoms with van der Waals surface area (Å²) in [7, 11) is 0. The molecule has 0 aromatic heterocycles. The molecule has 0 radical (unpaired) electrons. The maximum absolute atomic E-state index is 12.3. The Labute approximate surface area is 168 Å². The van der Waals surface area contributed by atoms with Gasteiger partial charge in [-0.2, -0.15) is 0 Å². The highest BCUT2D eigenvalue weighted by molar-refractivity contribution is 6.35. The Balaban J connectivity index is 1.97. The van der Waals surface area contributed by atoms with Gasteiger partial charge in [0.2, 0.25) is 0 Å². The molecule has 0 heterocycles. The number of nitrogens with one attached hydrogen (secondary N) is 1. The molecule has 144 valence electrons. The maximum Gasteiger partial charge on any atom is 0.347 e. The summed E-state index contributed by atoms with van der Waals surface area (Å²) in [6, 6.07) is 11.2. The average molecular weight is 410 g/mol. The van der Waals surface area contributed by atoms with Gasteiger partial charge in [-0.15, -0.1) is 0 Å². The van der Waals surface area contributed by atoms with Gasteiger partial charge in [-0.3, -0.25) is 4.79 Å². The van der Waals surface area contributed by atoms with Gasteiger partial charge in [-0.25, -0.2) is 4.79 Å². The second-order valence-corrected chi connectivity index (χ2v) is 7.23. The summed E-state index contributed by atoms with van der Waals surface area (Å²) in [6.07, 6.45) is -0.742. The second-order valence-electron chi connectivity index (χ2n) is 6.39. The number of benzene rings is 2. The monoisotopic (exact) mass is 409 g/mol. The molecule has 0 aliphatic rings. The van der Waals surface area contributed by atoms with E-state index in [9.17, 15) is 9.59 Å². The van der Waals surface area contributed by atoms with Crippen LogP contribution < -0.4 is 10.1 Å². The van der Waals surface area contributed by atoms with Crippen LogP contribution in [-0.2, 0) is 9.53 Å². The lowest BCUT2D eigenvalue weighted by molar-refractivity contribution is -0.152. The Morgan fingerprint density at radius 2 is 1.70 bits per heavy atom. The molecule has 0 fully saturated rings. The van der Waals surface area contributed by atoms with Crippen LogP contribution in [0.1, 0.15) is 31.1 Å². The van der Waals surface area contributed by atoms with Crippen molar-refractivity contribution in [1.29, 1.82) is 0 Å². The molecule has 1 amide bonds. The summed E-state index contributed by atoms with van der Waals surface area (Å²) in [5.41, 5.74) is 0.837. The summed E-state index contributed by atoms with van der Waals surface area (Å²) >= 11 is 12.0. The molecule has 2 aromatic carbocycles. The number of hydrogen-bond acceptors (Lipinski definition) is 4. The molecule has 7 heteroatoms. The lowest BCUT2D eigenvalue weighted by atomic mass is 10.2. The van der Waals surface area contributed by atoms with Gasteiger partial charge in [-0.1, -0.05) is 37.0 Å². The fourth-order valence-electron chi connectivity index (χ4n) is 2.09. The van der Waals surface area contributed by atoms with Crippen LogP contribution in [-0.4, -0.2) is 24.6 Å². The summed E-state index contributed by atoms with van der Waals surface area (Å²) in [5.74, 6) is -0.0514. The minimum Gasteiger partial charge on any atom is -0.479 e. The molecule has 0 spiro atoms. The average Bonchev–Trinajstić information content (AvgIpc) is 2.63. The molecule has 5 nitrogen and oxygen atoms in total. The first kappa shape index (κ1) is 21.1. The van der Waals surface area contributed by atoms with Gasteiger partial charge in [0, 0.05) is 10.6 Å². The third-order valence-corrected chi connectivity index (χ3v) is 4.06. The fourth-order valence-corrected chi connectivity index (χ4v) is 2.43. The Morgan fingerprint density at radius 1 is 1.04 bits per heavy atom. The van der Waals surface area contributed by atoms with Crippen LogP contribution in [0, 0.1) is 5.92 Å². The van der Waals surface area contributed by atoms with Crippen molar-refractivity contribution in [2.24, 2.45) is 5.92 Å². The van der Waals surface area contributed by atoms with Gasteiger partial charge < -0.3 is 14.8 Å². The Kier molecular flexibility index (Phi) is 7.51. The summed E-state index contributed by atoms with van der Waals surface area (Å²) < 4.78 is 10.7. The van der Waals surface area contributed by atoms with Crippen molar-refractivity contribution >= 4 is 40.8 Å². The molecule has 2 aromatic rings. The Hall–Kier alpha value is -2.24. The lowest BCUT2D eigenvalue weighted by Gasteiger charge is -2.15. The van der Waals surface area contributed by atoms with E-state index in [2.05, 4.69) is 5.32 Å². The zero-order chi connectivity index (χ0) is 20.0. The van der Waals surface area contributed by atoms with E-state index >= 15 is 0 Å². The largest absolute Gasteiger partial charge is 0.479 e.